The molecule has 2 rings (SSSR count). The molecule has 0 saturated heterocycles. The summed E-state index contributed by atoms with van der Waals surface area (Å²) >= 11 is 0. The molecule has 1 aliphatic rings. The summed E-state index contributed by atoms with van der Waals surface area (Å²) in [5, 5.41) is 3.71. The van der Waals surface area contributed by atoms with E-state index in [9.17, 15) is 0 Å². The highest BCUT2D eigenvalue weighted by Gasteiger charge is 2.24. The lowest BCUT2D eigenvalue weighted by molar-refractivity contribution is 0.375. The van der Waals surface area contributed by atoms with E-state index in [0.717, 1.165) is 12.1 Å². The highest BCUT2D eigenvalue weighted by atomic mass is 15.0. The van der Waals surface area contributed by atoms with Crippen LogP contribution < -0.4 is 11.1 Å². The number of aryl methyl sites for hydroxylation is 1. The number of rotatable bonds is 3. The van der Waals surface area contributed by atoms with Crippen LogP contribution in [0.3, 0.4) is 0 Å². The molecule has 0 heterocycles. The Bertz CT molecular complexity index is 371. The number of anilines is 1. The molecule has 88 valence electrons. The predicted molar refractivity (Wildman–Crippen MR) is 69.4 cm³/mol. The highest BCUT2D eigenvalue weighted by molar-refractivity contribution is 5.47. The molecule has 1 aliphatic carbocycles. The predicted octanol–water partition coefficient (Wildman–Crippen LogP) is 2.89. The molecule has 0 bridgehead atoms. The lowest BCUT2D eigenvalue weighted by Gasteiger charge is -2.23. The molecule has 2 unspecified atom stereocenters. The van der Waals surface area contributed by atoms with Crippen molar-refractivity contribution in [3.05, 3.63) is 29.3 Å². The Hall–Kier alpha value is -1.02. The van der Waals surface area contributed by atoms with Crippen LogP contribution in [0.1, 0.15) is 44.4 Å². The van der Waals surface area contributed by atoms with E-state index in [1.54, 1.807) is 0 Å². The van der Waals surface area contributed by atoms with Gasteiger partial charge in [0.1, 0.15) is 0 Å². The smallest absolute Gasteiger partial charge is 0.0328 e. The SMILES string of the molecule is CC(C)C(C)NC1CCc2cc(N)ccc21. The summed E-state index contributed by atoms with van der Waals surface area (Å²) in [4.78, 5) is 0. The minimum absolute atomic E-state index is 0.521. The molecule has 0 amide bonds. The van der Waals surface area contributed by atoms with Gasteiger partial charge >= 0.3 is 0 Å². The third kappa shape index (κ3) is 2.22. The van der Waals surface area contributed by atoms with Crippen LogP contribution in [0.25, 0.3) is 0 Å². The molecular weight excluding hydrogens is 196 g/mol. The van der Waals surface area contributed by atoms with Crippen LogP contribution in [0.2, 0.25) is 0 Å². The summed E-state index contributed by atoms with van der Waals surface area (Å²) in [7, 11) is 0. The second kappa shape index (κ2) is 4.46. The Morgan fingerprint density at radius 2 is 2.06 bits per heavy atom. The lowest BCUT2D eigenvalue weighted by Crippen LogP contribution is -2.33. The first-order chi connectivity index (χ1) is 7.58. The van der Waals surface area contributed by atoms with E-state index >= 15 is 0 Å². The monoisotopic (exact) mass is 218 g/mol. The van der Waals surface area contributed by atoms with Gasteiger partial charge in [-0.25, -0.2) is 0 Å². The molecule has 3 N–H and O–H groups in total. The molecule has 0 spiro atoms. The molecule has 16 heavy (non-hydrogen) atoms. The van der Waals surface area contributed by atoms with E-state index < -0.39 is 0 Å². The Morgan fingerprint density at radius 3 is 2.75 bits per heavy atom. The van der Waals surface area contributed by atoms with Gasteiger partial charge in [0, 0.05) is 17.8 Å². The van der Waals surface area contributed by atoms with Crippen LogP contribution in [-0.2, 0) is 6.42 Å². The Labute approximate surface area is 98.2 Å². The maximum atomic E-state index is 5.81. The highest BCUT2D eigenvalue weighted by Crippen LogP contribution is 2.32. The summed E-state index contributed by atoms with van der Waals surface area (Å²) in [6, 6.07) is 7.40. The van der Waals surface area contributed by atoms with Gasteiger partial charge in [-0.3, -0.25) is 0 Å². The summed E-state index contributed by atoms with van der Waals surface area (Å²) in [5.74, 6) is 0.679. The fraction of sp³-hybridized carbons (Fsp3) is 0.571. The van der Waals surface area contributed by atoms with Crippen molar-refractivity contribution in [2.45, 2.75) is 45.7 Å². The van der Waals surface area contributed by atoms with E-state index in [2.05, 4.69) is 38.2 Å². The molecule has 0 radical (unpaired) electrons. The van der Waals surface area contributed by atoms with Gasteiger partial charge in [0.25, 0.3) is 0 Å². The minimum atomic E-state index is 0.521. The first-order valence-electron chi connectivity index (χ1n) is 6.22. The van der Waals surface area contributed by atoms with Crippen molar-refractivity contribution in [1.82, 2.24) is 5.32 Å². The van der Waals surface area contributed by atoms with Crippen molar-refractivity contribution in [2.75, 3.05) is 5.73 Å². The fourth-order valence-electron chi connectivity index (χ4n) is 2.32. The van der Waals surface area contributed by atoms with Gasteiger partial charge in [-0.15, -0.1) is 0 Å². The number of benzene rings is 1. The van der Waals surface area contributed by atoms with Crippen molar-refractivity contribution in [3.63, 3.8) is 0 Å². The number of fused-ring (bicyclic) bond motifs is 1. The largest absolute Gasteiger partial charge is 0.399 e. The third-order valence-corrected chi connectivity index (χ3v) is 3.71. The fourth-order valence-corrected chi connectivity index (χ4v) is 2.32. The minimum Gasteiger partial charge on any atom is -0.399 e. The number of nitrogen functional groups attached to an aromatic ring is 1. The molecule has 1 aromatic carbocycles. The second-order valence-electron chi connectivity index (χ2n) is 5.25. The summed E-state index contributed by atoms with van der Waals surface area (Å²) in [6.45, 7) is 6.78. The van der Waals surface area contributed by atoms with Crippen LogP contribution in [0.4, 0.5) is 5.69 Å². The first-order valence-corrected chi connectivity index (χ1v) is 6.22. The molecule has 0 aromatic heterocycles. The van der Waals surface area contributed by atoms with E-state index in [1.807, 2.05) is 6.07 Å². The number of nitrogens with one attached hydrogen (secondary N) is 1. The second-order valence-corrected chi connectivity index (χ2v) is 5.25. The van der Waals surface area contributed by atoms with Gasteiger partial charge in [0.05, 0.1) is 0 Å². The molecule has 0 fully saturated rings. The third-order valence-electron chi connectivity index (χ3n) is 3.71. The van der Waals surface area contributed by atoms with Gasteiger partial charge in [0.15, 0.2) is 0 Å². The average molecular weight is 218 g/mol. The Balaban J connectivity index is 2.12. The van der Waals surface area contributed by atoms with Crippen molar-refractivity contribution in [1.29, 1.82) is 0 Å². The van der Waals surface area contributed by atoms with E-state index in [0.29, 0.717) is 18.0 Å². The molecule has 1 aromatic rings. The topological polar surface area (TPSA) is 38.0 Å². The first kappa shape index (κ1) is 11.5. The van der Waals surface area contributed by atoms with Gasteiger partial charge in [-0.1, -0.05) is 19.9 Å². The van der Waals surface area contributed by atoms with Crippen LogP contribution >= 0.6 is 0 Å². The molecule has 0 aliphatic heterocycles. The zero-order chi connectivity index (χ0) is 11.7. The van der Waals surface area contributed by atoms with Crippen LogP contribution in [0.15, 0.2) is 18.2 Å². The van der Waals surface area contributed by atoms with Crippen molar-refractivity contribution in [3.8, 4) is 0 Å². The van der Waals surface area contributed by atoms with Crippen LogP contribution in [0, 0.1) is 5.92 Å². The zero-order valence-corrected chi connectivity index (χ0v) is 10.5. The Morgan fingerprint density at radius 1 is 1.31 bits per heavy atom. The maximum absolute atomic E-state index is 5.81. The Kier molecular flexibility index (Phi) is 3.20. The van der Waals surface area contributed by atoms with E-state index in [1.165, 1.54) is 17.5 Å². The molecular formula is C14H22N2. The van der Waals surface area contributed by atoms with Gasteiger partial charge in [0.2, 0.25) is 0 Å². The van der Waals surface area contributed by atoms with Crippen molar-refractivity contribution < 1.29 is 0 Å². The van der Waals surface area contributed by atoms with Gasteiger partial charge in [-0.05, 0) is 48.9 Å². The number of hydrogen-bond acceptors (Lipinski definition) is 2. The normalized spacial score (nSPS) is 21.1. The quantitative estimate of drug-likeness (QED) is 0.766. The maximum Gasteiger partial charge on any atom is 0.0328 e. The lowest BCUT2D eigenvalue weighted by atomic mass is 10.0. The van der Waals surface area contributed by atoms with E-state index in [-0.39, 0.29) is 0 Å². The van der Waals surface area contributed by atoms with Crippen molar-refractivity contribution >= 4 is 5.69 Å². The summed E-state index contributed by atoms with van der Waals surface area (Å²) in [6.07, 6.45) is 2.36. The summed E-state index contributed by atoms with van der Waals surface area (Å²) in [5.41, 5.74) is 9.56. The molecule has 2 atom stereocenters. The summed E-state index contributed by atoms with van der Waals surface area (Å²) < 4.78 is 0. The van der Waals surface area contributed by atoms with Crippen LogP contribution in [-0.4, -0.2) is 6.04 Å². The molecule has 2 nitrogen and oxygen atoms in total. The van der Waals surface area contributed by atoms with E-state index in [4.69, 9.17) is 5.73 Å². The standard InChI is InChI=1S/C14H22N2/c1-9(2)10(3)16-14-7-4-11-8-12(15)5-6-13(11)14/h5-6,8-10,14,16H,4,7,15H2,1-3H3. The number of hydrogen-bond donors (Lipinski definition) is 2. The van der Waals surface area contributed by atoms with Gasteiger partial charge in [-0.2, -0.15) is 0 Å². The van der Waals surface area contributed by atoms with Crippen LogP contribution in [0.5, 0.6) is 0 Å². The average Bonchev–Trinajstić information content (AvgIpc) is 2.60. The van der Waals surface area contributed by atoms with Gasteiger partial charge < -0.3 is 11.1 Å². The molecule has 2 heteroatoms. The zero-order valence-electron chi connectivity index (χ0n) is 10.5. The molecule has 0 saturated carbocycles. The van der Waals surface area contributed by atoms with Crippen molar-refractivity contribution in [2.24, 2.45) is 5.92 Å². The number of nitrogens with two attached hydrogens (primary N) is 1.